The SMILES string of the molecule is C(#Cc1ccc2ccc3cccc4ccc1c2c34)c1ccc2c(c1)OCCOCCOCCO2. The molecule has 168 valence electrons. The highest BCUT2D eigenvalue weighted by molar-refractivity contribution is 6.23. The molecule has 5 aromatic carbocycles. The van der Waals surface area contributed by atoms with Crippen molar-refractivity contribution < 1.29 is 18.9 Å². The maximum atomic E-state index is 5.94. The maximum Gasteiger partial charge on any atom is 0.162 e. The van der Waals surface area contributed by atoms with Crippen LogP contribution in [0.4, 0.5) is 0 Å². The van der Waals surface area contributed by atoms with Crippen molar-refractivity contribution in [2.75, 3.05) is 39.6 Å². The number of rotatable bonds is 0. The van der Waals surface area contributed by atoms with Crippen LogP contribution in [0.3, 0.4) is 0 Å². The van der Waals surface area contributed by atoms with Gasteiger partial charge >= 0.3 is 0 Å². The largest absolute Gasteiger partial charge is 0.487 e. The molecule has 34 heavy (non-hydrogen) atoms. The Hall–Kier alpha value is -3.78. The maximum absolute atomic E-state index is 5.94. The molecule has 4 heteroatoms. The van der Waals surface area contributed by atoms with Crippen molar-refractivity contribution >= 4 is 32.3 Å². The van der Waals surface area contributed by atoms with Crippen molar-refractivity contribution in [3.63, 3.8) is 0 Å². The first-order valence-electron chi connectivity index (χ1n) is 11.6. The summed E-state index contributed by atoms with van der Waals surface area (Å²) in [5, 5.41) is 7.51. The Labute approximate surface area is 198 Å². The summed E-state index contributed by atoms with van der Waals surface area (Å²) in [6.07, 6.45) is 0. The first kappa shape index (κ1) is 20.8. The van der Waals surface area contributed by atoms with Gasteiger partial charge < -0.3 is 18.9 Å². The molecular formula is C30H24O4. The second-order valence-corrected chi connectivity index (χ2v) is 8.30. The standard InChI is InChI=1S/C30H24O4/c1-2-23-9-10-25-8-7-22(26-12-11-24(3-1)29(23)30(25)26)6-4-21-5-13-27-28(20-21)34-19-17-32-15-14-31-16-18-33-27/h1-3,5,7-13,20H,14-19H2. The Morgan fingerprint density at radius 3 is 1.97 bits per heavy atom. The summed E-state index contributed by atoms with van der Waals surface area (Å²) in [6, 6.07) is 25.3. The van der Waals surface area contributed by atoms with Crippen molar-refractivity contribution in [2.24, 2.45) is 0 Å². The third-order valence-corrected chi connectivity index (χ3v) is 6.16. The zero-order valence-corrected chi connectivity index (χ0v) is 18.8. The van der Waals surface area contributed by atoms with Gasteiger partial charge in [-0.25, -0.2) is 0 Å². The van der Waals surface area contributed by atoms with Gasteiger partial charge in [-0.05, 0) is 56.6 Å². The van der Waals surface area contributed by atoms with Crippen LogP contribution in [0.2, 0.25) is 0 Å². The van der Waals surface area contributed by atoms with E-state index in [2.05, 4.69) is 66.4 Å². The van der Waals surface area contributed by atoms with Gasteiger partial charge in [0.25, 0.3) is 0 Å². The van der Waals surface area contributed by atoms with Gasteiger partial charge in [0.15, 0.2) is 11.5 Å². The van der Waals surface area contributed by atoms with Crippen LogP contribution >= 0.6 is 0 Å². The van der Waals surface area contributed by atoms with Gasteiger partial charge in [-0.3, -0.25) is 0 Å². The molecule has 0 amide bonds. The smallest absolute Gasteiger partial charge is 0.162 e. The van der Waals surface area contributed by atoms with E-state index in [4.69, 9.17) is 18.9 Å². The molecule has 0 aliphatic carbocycles. The van der Waals surface area contributed by atoms with Gasteiger partial charge in [-0.1, -0.05) is 60.4 Å². The van der Waals surface area contributed by atoms with Gasteiger partial charge in [0.1, 0.15) is 13.2 Å². The molecule has 1 heterocycles. The average molecular weight is 449 g/mol. The second kappa shape index (κ2) is 9.23. The molecule has 4 nitrogen and oxygen atoms in total. The lowest BCUT2D eigenvalue weighted by Crippen LogP contribution is -2.15. The normalized spacial score (nSPS) is 14.9. The summed E-state index contributed by atoms with van der Waals surface area (Å²) in [5.74, 6) is 8.09. The summed E-state index contributed by atoms with van der Waals surface area (Å²) < 4.78 is 22.8. The van der Waals surface area contributed by atoms with Crippen LogP contribution in [0, 0.1) is 11.8 Å². The molecule has 6 rings (SSSR count). The molecule has 0 saturated carbocycles. The average Bonchev–Trinajstić information content (AvgIpc) is 2.87. The summed E-state index contributed by atoms with van der Waals surface area (Å²) in [6.45, 7) is 3.04. The lowest BCUT2D eigenvalue weighted by molar-refractivity contribution is 0.0223. The predicted molar refractivity (Wildman–Crippen MR) is 135 cm³/mol. The van der Waals surface area contributed by atoms with E-state index in [1.807, 2.05) is 18.2 Å². The minimum Gasteiger partial charge on any atom is -0.487 e. The third kappa shape index (κ3) is 4.01. The number of hydrogen-bond acceptors (Lipinski definition) is 4. The highest BCUT2D eigenvalue weighted by atomic mass is 16.6. The summed E-state index contributed by atoms with van der Waals surface area (Å²) in [4.78, 5) is 0. The van der Waals surface area contributed by atoms with E-state index in [1.54, 1.807) is 0 Å². The molecule has 1 aliphatic heterocycles. The first-order chi connectivity index (χ1) is 16.9. The van der Waals surface area contributed by atoms with Crippen LogP contribution in [-0.4, -0.2) is 39.6 Å². The van der Waals surface area contributed by atoms with Gasteiger partial charge in [0.05, 0.1) is 26.4 Å². The van der Waals surface area contributed by atoms with Crippen LogP contribution in [0.5, 0.6) is 11.5 Å². The van der Waals surface area contributed by atoms with E-state index >= 15 is 0 Å². The lowest BCUT2D eigenvalue weighted by Gasteiger charge is -2.15. The Kier molecular flexibility index (Phi) is 5.64. The van der Waals surface area contributed by atoms with Crippen LogP contribution in [-0.2, 0) is 9.47 Å². The molecular weight excluding hydrogens is 424 g/mol. The quantitative estimate of drug-likeness (QED) is 0.222. The molecule has 0 saturated heterocycles. The van der Waals surface area contributed by atoms with Crippen molar-refractivity contribution in [1.29, 1.82) is 0 Å². The summed E-state index contributed by atoms with van der Waals surface area (Å²) in [5.41, 5.74) is 1.89. The Morgan fingerprint density at radius 1 is 0.529 bits per heavy atom. The predicted octanol–water partition coefficient (Wildman–Crippen LogP) is 5.79. The third-order valence-electron chi connectivity index (χ3n) is 6.16. The fraction of sp³-hybridized carbons (Fsp3) is 0.200. The number of hydrogen-bond donors (Lipinski definition) is 0. The summed E-state index contributed by atoms with van der Waals surface area (Å²) in [7, 11) is 0. The van der Waals surface area contributed by atoms with Gasteiger partial charge in [-0.2, -0.15) is 0 Å². The van der Waals surface area contributed by atoms with Crippen LogP contribution < -0.4 is 9.47 Å². The molecule has 0 bridgehead atoms. The Bertz CT molecular complexity index is 1510. The number of ether oxygens (including phenoxy) is 4. The second-order valence-electron chi connectivity index (χ2n) is 8.30. The van der Waals surface area contributed by atoms with E-state index < -0.39 is 0 Å². The number of benzene rings is 5. The highest BCUT2D eigenvalue weighted by Crippen LogP contribution is 2.35. The van der Waals surface area contributed by atoms with E-state index in [0.29, 0.717) is 51.1 Å². The molecule has 0 spiro atoms. The number of fused-ring (bicyclic) bond motifs is 1. The highest BCUT2D eigenvalue weighted by Gasteiger charge is 2.10. The minimum atomic E-state index is 0.447. The van der Waals surface area contributed by atoms with Crippen molar-refractivity contribution in [3.05, 3.63) is 83.9 Å². The monoisotopic (exact) mass is 448 g/mol. The molecule has 0 fully saturated rings. The zero-order valence-electron chi connectivity index (χ0n) is 18.8. The van der Waals surface area contributed by atoms with Gasteiger partial charge in [0, 0.05) is 11.1 Å². The lowest BCUT2D eigenvalue weighted by atomic mass is 9.92. The van der Waals surface area contributed by atoms with Crippen LogP contribution in [0.15, 0.2) is 72.8 Å². The molecule has 0 N–H and O–H groups in total. The van der Waals surface area contributed by atoms with Crippen LogP contribution in [0.25, 0.3) is 32.3 Å². The van der Waals surface area contributed by atoms with Gasteiger partial charge in [-0.15, -0.1) is 0 Å². The fourth-order valence-corrected chi connectivity index (χ4v) is 4.54. The Balaban J connectivity index is 1.37. The van der Waals surface area contributed by atoms with E-state index in [9.17, 15) is 0 Å². The van der Waals surface area contributed by atoms with E-state index in [0.717, 1.165) is 11.1 Å². The molecule has 5 aromatic rings. The molecule has 0 atom stereocenters. The molecule has 0 radical (unpaired) electrons. The molecule has 1 aliphatic rings. The molecule has 0 aromatic heterocycles. The van der Waals surface area contributed by atoms with Gasteiger partial charge in [0.2, 0.25) is 0 Å². The van der Waals surface area contributed by atoms with E-state index in [1.165, 1.54) is 32.3 Å². The first-order valence-corrected chi connectivity index (χ1v) is 11.6. The topological polar surface area (TPSA) is 36.9 Å². The molecule has 0 unspecified atom stereocenters. The minimum absolute atomic E-state index is 0.447. The van der Waals surface area contributed by atoms with Crippen molar-refractivity contribution in [1.82, 2.24) is 0 Å². The van der Waals surface area contributed by atoms with Crippen molar-refractivity contribution in [2.45, 2.75) is 0 Å². The van der Waals surface area contributed by atoms with Crippen LogP contribution in [0.1, 0.15) is 11.1 Å². The fourth-order valence-electron chi connectivity index (χ4n) is 4.54. The van der Waals surface area contributed by atoms with E-state index in [-0.39, 0.29) is 0 Å². The summed E-state index contributed by atoms with van der Waals surface area (Å²) >= 11 is 0. The van der Waals surface area contributed by atoms with Crippen molar-refractivity contribution in [3.8, 4) is 23.3 Å². The zero-order chi connectivity index (χ0) is 22.7. The Morgan fingerprint density at radius 2 is 1.18 bits per heavy atom.